The molecule has 3 N–H and O–H groups in total. The Hall–Kier alpha value is -2.24. The van der Waals surface area contributed by atoms with Crippen molar-refractivity contribution in [3.63, 3.8) is 0 Å². The predicted octanol–water partition coefficient (Wildman–Crippen LogP) is 1.97. The zero-order valence-electron chi connectivity index (χ0n) is 15.9. The fraction of sp³-hybridized carbons (Fsp3) is 0.421. The van der Waals surface area contributed by atoms with Crippen LogP contribution in [0, 0.1) is 0 Å². The van der Waals surface area contributed by atoms with Gasteiger partial charge in [0.15, 0.2) is 17.7 Å². The third kappa shape index (κ3) is 3.17. The maximum Gasteiger partial charge on any atom is 0.181 e. The number of anilines is 1. The number of ether oxygens (including phenoxy) is 3. The Labute approximate surface area is 171 Å². The van der Waals surface area contributed by atoms with Crippen LogP contribution in [-0.4, -0.2) is 55.6 Å². The molecule has 152 valence electrons. The minimum atomic E-state index is -0.774. The van der Waals surface area contributed by atoms with Crippen LogP contribution in [0.25, 0.3) is 11.0 Å². The number of aliphatic hydroxyl groups excluding tert-OH is 1. The van der Waals surface area contributed by atoms with Crippen molar-refractivity contribution in [1.82, 2.24) is 19.7 Å². The zero-order chi connectivity index (χ0) is 20.2. The number of nitrogen functional groups attached to an aromatic ring is 1. The van der Waals surface area contributed by atoms with Crippen LogP contribution in [0.3, 0.4) is 0 Å². The van der Waals surface area contributed by atoms with Crippen molar-refractivity contribution in [3.8, 4) is 0 Å². The summed E-state index contributed by atoms with van der Waals surface area (Å²) < 4.78 is 19.8. The maximum atomic E-state index is 9.77. The normalized spacial score (nSPS) is 28.1. The number of benzene rings is 1. The van der Waals surface area contributed by atoms with Crippen LogP contribution >= 0.6 is 11.8 Å². The lowest BCUT2D eigenvalue weighted by atomic mass is 10.1. The highest BCUT2D eigenvalue weighted by Gasteiger charge is 2.56. The van der Waals surface area contributed by atoms with Gasteiger partial charge in [-0.15, -0.1) is 0 Å². The molecule has 0 saturated carbocycles. The van der Waals surface area contributed by atoms with Crippen molar-refractivity contribution in [2.24, 2.45) is 0 Å². The molecule has 0 radical (unpaired) electrons. The van der Waals surface area contributed by atoms with Gasteiger partial charge in [-0.1, -0.05) is 30.0 Å². The highest BCUT2D eigenvalue weighted by atomic mass is 32.2. The van der Waals surface area contributed by atoms with Crippen LogP contribution in [0.2, 0.25) is 0 Å². The lowest BCUT2D eigenvalue weighted by molar-refractivity contribution is -0.201. The smallest absolute Gasteiger partial charge is 0.181 e. The topological polar surface area (TPSA) is 118 Å². The van der Waals surface area contributed by atoms with Crippen molar-refractivity contribution in [3.05, 3.63) is 36.7 Å². The molecule has 10 heteroatoms. The van der Waals surface area contributed by atoms with Gasteiger partial charge in [-0.05, 0) is 26.0 Å². The Morgan fingerprint density at radius 1 is 1.17 bits per heavy atom. The van der Waals surface area contributed by atoms with E-state index >= 15 is 0 Å². The van der Waals surface area contributed by atoms with Gasteiger partial charge in [0.1, 0.15) is 35.5 Å². The number of aliphatic hydroxyl groups is 1. The minimum Gasteiger partial charge on any atom is -0.394 e. The SMILES string of the molecule is CC1(C)O[C@@H]2[C@H](O1)[C@@H](CO)O[C@H]2n1nc(Sc2ccccc2)c2c(N)ncnc21. The molecular formula is C19H21N5O4S. The van der Waals surface area contributed by atoms with Crippen LogP contribution in [0.15, 0.2) is 46.6 Å². The quantitative estimate of drug-likeness (QED) is 0.659. The second kappa shape index (κ2) is 6.92. The van der Waals surface area contributed by atoms with E-state index in [1.807, 2.05) is 44.2 Å². The van der Waals surface area contributed by atoms with Crippen molar-refractivity contribution in [1.29, 1.82) is 0 Å². The van der Waals surface area contributed by atoms with Crippen LogP contribution < -0.4 is 5.73 Å². The van der Waals surface area contributed by atoms with E-state index in [2.05, 4.69) is 9.97 Å². The first-order chi connectivity index (χ1) is 14.0. The fourth-order valence-corrected chi connectivity index (χ4v) is 4.76. The number of aromatic nitrogens is 4. The molecule has 4 heterocycles. The molecule has 2 saturated heterocycles. The Morgan fingerprint density at radius 3 is 2.69 bits per heavy atom. The van der Waals surface area contributed by atoms with Gasteiger partial charge in [0.2, 0.25) is 0 Å². The van der Waals surface area contributed by atoms with Gasteiger partial charge in [0.05, 0.1) is 12.0 Å². The van der Waals surface area contributed by atoms with E-state index < -0.39 is 30.3 Å². The lowest BCUT2D eigenvalue weighted by Crippen LogP contribution is -2.31. The molecule has 0 aliphatic carbocycles. The predicted molar refractivity (Wildman–Crippen MR) is 105 cm³/mol. The molecule has 2 aromatic heterocycles. The Morgan fingerprint density at radius 2 is 1.93 bits per heavy atom. The van der Waals surface area contributed by atoms with Crippen LogP contribution in [0.4, 0.5) is 5.82 Å². The zero-order valence-corrected chi connectivity index (χ0v) is 16.7. The van der Waals surface area contributed by atoms with Gasteiger partial charge < -0.3 is 25.1 Å². The average Bonchev–Trinajstić information content (AvgIpc) is 3.32. The van der Waals surface area contributed by atoms with Crippen molar-refractivity contribution in [2.45, 2.75) is 54.1 Å². The summed E-state index contributed by atoms with van der Waals surface area (Å²) in [5, 5.41) is 15.9. The molecular weight excluding hydrogens is 394 g/mol. The van der Waals surface area contributed by atoms with E-state index in [1.165, 1.54) is 18.1 Å². The van der Waals surface area contributed by atoms with E-state index in [9.17, 15) is 5.11 Å². The largest absolute Gasteiger partial charge is 0.394 e. The summed E-state index contributed by atoms with van der Waals surface area (Å²) in [5.41, 5.74) is 6.72. The molecule has 2 aliphatic heterocycles. The maximum absolute atomic E-state index is 9.77. The first kappa shape index (κ1) is 18.8. The van der Waals surface area contributed by atoms with E-state index in [0.717, 1.165) is 4.90 Å². The molecule has 2 fully saturated rings. The second-order valence-corrected chi connectivity index (χ2v) is 8.50. The molecule has 4 atom stereocenters. The van der Waals surface area contributed by atoms with Crippen molar-refractivity contribution >= 4 is 28.6 Å². The number of nitrogens with two attached hydrogens (primary N) is 1. The first-order valence-corrected chi connectivity index (χ1v) is 10.1. The summed E-state index contributed by atoms with van der Waals surface area (Å²) in [6.45, 7) is 3.50. The Bertz CT molecular complexity index is 1040. The molecule has 0 unspecified atom stereocenters. The lowest BCUT2D eigenvalue weighted by Gasteiger charge is -2.23. The number of fused-ring (bicyclic) bond motifs is 2. The van der Waals surface area contributed by atoms with E-state index in [0.29, 0.717) is 21.9 Å². The minimum absolute atomic E-state index is 0.181. The summed E-state index contributed by atoms with van der Waals surface area (Å²) in [6, 6.07) is 9.87. The van der Waals surface area contributed by atoms with Gasteiger partial charge in [-0.2, -0.15) is 5.10 Å². The molecule has 9 nitrogen and oxygen atoms in total. The highest BCUT2D eigenvalue weighted by Crippen LogP contribution is 2.44. The molecule has 5 rings (SSSR count). The molecule has 1 aromatic carbocycles. The Kier molecular flexibility index (Phi) is 4.48. The van der Waals surface area contributed by atoms with Crippen LogP contribution in [0.5, 0.6) is 0 Å². The fourth-order valence-electron chi connectivity index (χ4n) is 3.82. The van der Waals surface area contributed by atoms with E-state index in [-0.39, 0.29) is 6.61 Å². The van der Waals surface area contributed by atoms with Crippen LogP contribution in [0.1, 0.15) is 20.1 Å². The monoisotopic (exact) mass is 415 g/mol. The van der Waals surface area contributed by atoms with Crippen molar-refractivity contribution in [2.75, 3.05) is 12.3 Å². The summed E-state index contributed by atoms with van der Waals surface area (Å²) in [6.07, 6.45) is -0.561. The molecule has 0 amide bonds. The summed E-state index contributed by atoms with van der Waals surface area (Å²) in [7, 11) is 0. The third-order valence-corrected chi connectivity index (χ3v) is 5.98. The van der Waals surface area contributed by atoms with E-state index in [1.54, 1.807) is 4.68 Å². The second-order valence-electron chi connectivity index (χ2n) is 7.43. The molecule has 2 aliphatic rings. The van der Waals surface area contributed by atoms with Crippen molar-refractivity contribution < 1.29 is 19.3 Å². The summed E-state index contributed by atoms with van der Waals surface area (Å²) >= 11 is 1.47. The van der Waals surface area contributed by atoms with Gasteiger partial charge in [-0.3, -0.25) is 0 Å². The summed E-state index contributed by atoms with van der Waals surface area (Å²) in [4.78, 5) is 9.56. The van der Waals surface area contributed by atoms with E-state index in [4.69, 9.17) is 25.0 Å². The number of rotatable bonds is 4. The number of nitrogens with zero attached hydrogens (tertiary/aromatic N) is 4. The summed E-state index contributed by atoms with van der Waals surface area (Å²) in [5.74, 6) is -0.430. The highest BCUT2D eigenvalue weighted by molar-refractivity contribution is 7.99. The van der Waals surface area contributed by atoms with Gasteiger partial charge in [0, 0.05) is 4.90 Å². The van der Waals surface area contributed by atoms with Gasteiger partial charge in [-0.25, -0.2) is 14.6 Å². The van der Waals surface area contributed by atoms with Crippen LogP contribution in [-0.2, 0) is 14.2 Å². The first-order valence-electron chi connectivity index (χ1n) is 9.30. The Balaban J connectivity index is 1.60. The average molecular weight is 415 g/mol. The van der Waals surface area contributed by atoms with Gasteiger partial charge >= 0.3 is 0 Å². The molecule has 3 aromatic rings. The molecule has 0 spiro atoms. The van der Waals surface area contributed by atoms with Gasteiger partial charge in [0.25, 0.3) is 0 Å². The standard InChI is InChI=1S/C19H21N5O4S/c1-19(2)27-13-11(8-25)26-18(14(13)28-19)24-16-12(15(20)21-9-22-16)17(23-24)29-10-6-4-3-5-7-10/h3-7,9,11,13-14,18,25H,8H2,1-2H3,(H2,20,21,22)/t11-,13-,14-,18-/m1/s1. The number of hydrogen-bond acceptors (Lipinski definition) is 9. The number of hydrogen-bond donors (Lipinski definition) is 2. The molecule has 0 bridgehead atoms. The molecule has 29 heavy (non-hydrogen) atoms. The third-order valence-electron chi connectivity index (χ3n) is 4.99.